The van der Waals surface area contributed by atoms with E-state index in [0.29, 0.717) is 23.4 Å². The van der Waals surface area contributed by atoms with Crippen LogP contribution in [0.15, 0.2) is 24.3 Å². The van der Waals surface area contributed by atoms with Crippen LogP contribution in [0, 0.1) is 0 Å². The summed E-state index contributed by atoms with van der Waals surface area (Å²) in [6.45, 7) is 2.02. The summed E-state index contributed by atoms with van der Waals surface area (Å²) >= 11 is 1.66. The first-order valence-electron chi connectivity index (χ1n) is 7.54. The molecule has 23 heavy (non-hydrogen) atoms. The van der Waals surface area contributed by atoms with Crippen molar-refractivity contribution in [2.75, 3.05) is 18.1 Å². The predicted octanol–water partition coefficient (Wildman–Crippen LogP) is 1.44. The minimum atomic E-state index is -0.455. The van der Waals surface area contributed by atoms with Crippen LogP contribution in [-0.2, 0) is 9.59 Å². The van der Waals surface area contributed by atoms with Crippen LogP contribution in [0.3, 0.4) is 0 Å². The average molecular weight is 333 g/mol. The highest BCUT2D eigenvalue weighted by Gasteiger charge is 2.52. The standard InChI is InChI=1S/C16H19N3O3S/c1-16-7-6-13(20)19(16)12(9-23-16)15(22)18-11-5-3-4-10(8-11)14(21)17-2/h3-5,8,12H,6-7,9H2,1-2H3,(H,17,21)(H,18,22). The van der Waals surface area contributed by atoms with Gasteiger partial charge in [0.2, 0.25) is 11.8 Å². The van der Waals surface area contributed by atoms with E-state index in [-0.39, 0.29) is 22.6 Å². The van der Waals surface area contributed by atoms with Crippen molar-refractivity contribution in [2.24, 2.45) is 0 Å². The second-order valence-electron chi connectivity index (χ2n) is 5.91. The molecule has 2 aliphatic rings. The number of nitrogens with one attached hydrogen (secondary N) is 2. The molecule has 2 unspecified atom stereocenters. The molecule has 1 aromatic rings. The molecule has 0 bridgehead atoms. The summed E-state index contributed by atoms with van der Waals surface area (Å²) in [5, 5.41) is 5.38. The summed E-state index contributed by atoms with van der Waals surface area (Å²) in [6.07, 6.45) is 1.28. The molecule has 2 saturated heterocycles. The predicted molar refractivity (Wildman–Crippen MR) is 89.2 cm³/mol. The van der Waals surface area contributed by atoms with Crippen LogP contribution in [0.2, 0.25) is 0 Å². The van der Waals surface area contributed by atoms with Gasteiger partial charge in [0.15, 0.2) is 0 Å². The number of nitrogens with zero attached hydrogens (tertiary/aromatic N) is 1. The van der Waals surface area contributed by atoms with Crippen molar-refractivity contribution in [3.05, 3.63) is 29.8 Å². The zero-order valence-electron chi connectivity index (χ0n) is 13.1. The Morgan fingerprint density at radius 3 is 2.91 bits per heavy atom. The van der Waals surface area contributed by atoms with Gasteiger partial charge in [-0.1, -0.05) is 6.07 Å². The maximum Gasteiger partial charge on any atom is 0.251 e. The van der Waals surface area contributed by atoms with E-state index in [0.717, 1.165) is 6.42 Å². The lowest BCUT2D eigenvalue weighted by atomic mass is 10.1. The van der Waals surface area contributed by atoms with Gasteiger partial charge in [-0.25, -0.2) is 0 Å². The van der Waals surface area contributed by atoms with E-state index in [4.69, 9.17) is 0 Å². The van der Waals surface area contributed by atoms with Crippen LogP contribution < -0.4 is 10.6 Å². The molecule has 0 aliphatic carbocycles. The Morgan fingerprint density at radius 1 is 1.39 bits per heavy atom. The third kappa shape index (κ3) is 2.81. The molecule has 3 amide bonds. The lowest BCUT2D eigenvalue weighted by Gasteiger charge is -2.29. The molecule has 0 spiro atoms. The van der Waals surface area contributed by atoms with Crippen LogP contribution >= 0.6 is 11.8 Å². The highest BCUT2D eigenvalue weighted by molar-refractivity contribution is 8.01. The fraction of sp³-hybridized carbons (Fsp3) is 0.438. The molecule has 122 valence electrons. The molecule has 3 rings (SSSR count). The molecule has 1 aromatic carbocycles. The van der Waals surface area contributed by atoms with E-state index in [2.05, 4.69) is 10.6 Å². The van der Waals surface area contributed by atoms with Crippen molar-refractivity contribution in [3.63, 3.8) is 0 Å². The van der Waals surface area contributed by atoms with Crippen LogP contribution in [0.1, 0.15) is 30.1 Å². The van der Waals surface area contributed by atoms with Gasteiger partial charge in [0, 0.05) is 30.5 Å². The van der Waals surface area contributed by atoms with Crippen LogP contribution in [-0.4, -0.2) is 46.3 Å². The average Bonchev–Trinajstić information content (AvgIpc) is 3.03. The smallest absolute Gasteiger partial charge is 0.251 e. The van der Waals surface area contributed by atoms with Crippen molar-refractivity contribution in [1.82, 2.24) is 10.2 Å². The minimum Gasteiger partial charge on any atom is -0.355 e. The van der Waals surface area contributed by atoms with Crippen molar-refractivity contribution >= 4 is 35.2 Å². The van der Waals surface area contributed by atoms with Crippen molar-refractivity contribution in [1.29, 1.82) is 0 Å². The molecule has 7 heteroatoms. The number of benzene rings is 1. The number of thioether (sulfide) groups is 1. The fourth-order valence-corrected chi connectivity index (χ4v) is 4.55. The number of carbonyl (C=O) groups is 3. The molecule has 2 N–H and O–H groups in total. The number of hydrogen-bond acceptors (Lipinski definition) is 4. The van der Waals surface area contributed by atoms with Crippen LogP contribution in [0.5, 0.6) is 0 Å². The van der Waals surface area contributed by atoms with Crippen molar-refractivity contribution in [3.8, 4) is 0 Å². The highest BCUT2D eigenvalue weighted by atomic mass is 32.2. The molecule has 0 aromatic heterocycles. The van der Waals surface area contributed by atoms with E-state index in [9.17, 15) is 14.4 Å². The molecule has 2 heterocycles. The topological polar surface area (TPSA) is 78.5 Å². The number of fused-ring (bicyclic) bond motifs is 1. The Hall–Kier alpha value is -2.02. The van der Waals surface area contributed by atoms with E-state index in [1.165, 1.54) is 0 Å². The lowest BCUT2D eigenvalue weighted by molar-refractivity contribution is -0.135. The molecular weight excluding hydrogens is 314 g/mol. The Morgan fingerprint density at radius 2 is 2.17 bits per heavy atom. The maximum absolute atomic E-state index is 12.6. The summed E-state index contributed by atoms with van der Waals surface area (Å²) in [5.41, 5.74) is 1.04. The van der Waals surface area contributed by atoms with Crippen molar-refractivity contribution < 1.29 is 14.4 Å². The van der Waals surface area contributed by atoms with E-state index in [1.54, 1.807) is 48.0 Å². The van der Waals surface area contributed by atoms with Gasteiger partial charge in [0.25, 0.3) is 5.91 Å². The maximum atomic E-state index is 12.6. The number of carbonyl (C=O) groups excluding carboxylic acids is 3. The van der Waals surface area contributed by atoms with Gasteiger partial charge >= 0.3 is 0 Å². The largest absolute Gasteiger partial charge is 0.355 e. The summed E-state index contributed by atoms with van der Waals surface area (Å²) in [4.78, 5) is 37.8. The SMILES string of the molecule is CNC(=O)c1cccc(NC(=O)C2CSC3(C)CCC(=O)N23)c1. The first kappa shape index (κ1) is 15.9. The van der Waals surface area contributed by atoms with Gasteiger partial charge in [-0.3, -0.25) is 14.4 Å². The quantitative estimate of drug-likeness (QED) is 0.877. The van der Waals surface area contributed by atoms with Gasteiger partial charge in [-0.15, -0.1) is 11.8 Å². The first-order valence-corrected chi connectivity index (χ1v) is 8.52. The van der Waals surface area contributed by atoms with Gasteiger partial charge in [0.05, 0.1) is 4.87 Å². The van der Waals surface area contributed by atoms with Gasteiger partial charge < -0.3 is 15.5 Å². The summed E-state index contributed by atoms with van der Waals surface area (Å²) in [5.74, 6) is 0.227. The van der Waals surface area contributed by atoms with E-state index in [1.807, 2.05) is 6.92 Å². The van der Waals surface area contributed by atoms with Crippen molar-refractivity contribution in [2.45, 2.75) is 30.7 Å². The summed E-state index contributed by atoms with van der Waals surface area (Å²) in [7, 11) is 1.56. The van der Waals surface area contributed by atoms with E-state index >= 15 is 0 Å². The molecule has 2 aliphatic heterocycles. The summed E-state index contributed by atoms with van der Waals surface area (Å²) in [6, 6.07) is 6.31. The molecule has 6 nitrogen and oxygen atoms in total. The molecular formula is C16H19N3O3S. The molecule has 2 fully saturated rings. The Kier molecular flexibility index (Phi) is 4.06. The normalized spacial score (nSPS) is 26.1. The van der Waals surface area contributed by atoms with Crippen LogP contribution in [0.4, 0.5) is 5.69 Å². The number of rotatable bonds is 3. The van der Waals surface area contributed by atoms with Crippen LogP contribution in [0.25, 0.3) is 0 Å². The second kappa shape index (κ2) is 5.88. The Balaban J connectivity index is 1.75. The molecule has 0 radical (unpaired) electrons. The van der Waals surface area contributed by atoms with Gasteiger partial charge in [0.1, 0.15) is 6.04 Å². The Bertz CT molecular complexity index is 678. The highest BCUT2D eigenvalue weighted by Crippen LogP contribution is 2.47. The summed E-state index contributed by atoms with van der Waals surface area (Å²) < 4.78 is 0. The monoisotopic (exact) mass is 333 g/mol. The Labute approximate surface area is 139 Å². The third-order valence-electron chi connectivity index (χ3n) is 4.37. The zero-order chi connectivity index (χ0) is 16.6. The first-order chi connectivity index (χ1) is 10.9. The fourth-order valence-electron chi connectivity index (χ4n) is 3.12. The number of hydrogen-bond donors (Lipinski definition) is 2. The number of amides is 3. The van der Waals surface area contributed by atoms with Gasteiger partial charge in [-0.05, 0) is 31.5 Å². The minimum absolute atomic E-state index is 0.0387. The third-order valence-corrected chi connectivity index (χ3v) is 5.87. The molecule has 2 atom stereocenters. The zero-order valence-corrected chi connectivity index (χ0v) is 13.9. The lowest BCUT2D eigenvalue weighted by Crippen LogP contribution is -2.48. The van der Waals surface area contributed by atoms with E-state index < -0.39 is 6.04 Å². The van der Waals surface area contributed by atoms with Gasteiger partial charge in [-0.2, -0.15) is 0 Å². The number of anilines is 1. The second-order valence-corrected chi connectivity index (χ2v) is 7.42. The molecule has 0 saturated carbocycles.